The summed E-state index contributed by atoms with van der Waals surface area (Å²) < 4.78 is 16.6. The summed E-state index contributed by atoms with van der Waals surface area (Å²) in [6.07, 6.45) is -0.0108. The monoisotopic (exact) mass is 529 g/mol. The molecule has 1 atom stereocenters. The van der Waals surface area contributed by atoms with Gasteiger partial charge < -0.3 is 19.3 Å². The molecule has 3 aromatic carbocycles. The molecule has 1 aliphatic heterocycles. The number of ketones is 1. The van der Waals surface area contributed by atoms with E-state index in [0.29, 0.717) is 28.5 Å². The van der Waals surface area contributed by atoms with Crippen LogP contribution in [0.4, 0.5) is 5.69 Å². The van der Waals surface area contributed by atoms with Crippen LogP contribution >= 0.6 is 0 Å². The van der Waals surface area contributed by atoms with Crippen molar-refractivity contribution in [3.05, 3.63) is 89.0 Å². The summed E-state index contributed by atoms with van der Waals surface area (Å²) in [6, 6.07) is 18.8. The number of carbonyl (C=O) groups excluding carboxylic acids is 2. The van der Waals surface area contributed by atoms with E-state index in [9.17, 15) is 14.7 Å². The van der Waals surface area contributed by atoms with E-state index in [4.69, 9.17) is 14.2 Å². The number of amides is 1. The van der Waals surface area contributed by atoms with Gasteiger partial charge in [0.25, 0.3) is 11.7 Å². The average Bonchev–Trinajstić information content (AvgIpc) is 3.17. The molecule has 3 aromatic rings. The number of aliphatic hydroxyl groups excluding tert-OH is 1. The molecule has 1 fully saturated rings. The molecule has 7 nitrogen and oxygen atoms in total. The van der Waals surface area contributed by atoms with Crippen LogP contribution in [-0.4, -0.2) is 37.1 Å². The molecular formula is C32H35NO6. The van der Waals surface area contributed by atoms with Crippen LogP contribution in [0.1, 0.15) is 57.4 Å². The van der Waals surface area contributed by atoms with Crippen molar-refractivity contribution in [2.45, 2.75) is 52.2 Å². The molecule has 0 radical (unpaired) electrons. The molecule has 1 heterocycles. The highest BCUT2D eigenvalue weighted by atomic mass is 16.5. The summed E-state index contributed by atoms with van der Waals surface area (Å²) in [4.78, 5) is 28.6. The number of methoxy groups -OCH3 is 2. The standard InChI is InChI=1S/C32H35NO6/c1-19(2)39-23-14-8-20(9-15-23)28-27(29(34)25-18-24(37-6)16-17-26(25)38-7)30(35)31(36)33(28)22-12-10-21(11-13-22)32(3,4)5/h8-19,28,34H,1-7H3/b29-27+. The lowest BCUT2D eigenvalue weighted by Crippen LogP contribution is -2.29. The number of hydrogen-bond acceptors (Lipinski definition) is 6. The second-order valence-corrected chi connectivity index (χ2v) is 10.8. The van der Waals surface area contributed by atoms with Gasteiger partial charge in [-0.25, -0.2) is 0 Å². The molecule has 0 aromatic heterocycles. The van der Waals surface area contributed by atoms with Gasteiger partial charge in [0.15, 0.2) is 0 Å². The smallest absolute Gasteiger partial charge is 0.300 e. The van der Waals surface area contributed by atoms with E-state index in [1.165, 1.54) is 19.1 Å². The van der Waals surface area contributed by atoms with Gasteiger partial charge in [0.2, 0.25) is 0 Å². The van der Waals surface area contributed by atoms with E-state index in [2.05, 4.69) is 20.8 Å². The minimum absolute atomic E-state index is 0.0108. The number of Topliss-reactive ketones (excluding diaryl/α,β-unsaturated/α-hetero) is 1. The van der Waals surface area contributed by atoms with Gasteiger partial charge in [-0.15, -0.1) is 0 Å². The van der Waals surface area contributed by atoms with Gasteiger partial charge >= 0.3 is 0 Å². The van der Waals surface area contributed by atoms with Crippen molar-refractivity contribution in [3.8, 4) is 17.2 Å². The quantitative estimate of drug-likeness (QED) is 0.216. The molecule has 7 heteroatoms. The lowest BCUT2D eigenvalue weighted by molar-refractivity contribution is -0.132. The Labute approximate surface area is 229 Å². The molecule has 1 unspecified atom stereocenters. The summed E-state index contributed by atoms with van der Waals surface area (Å²) in [5.74, 6) is -0.385. The Kier molecular flexibility index (Phi) is 7.72. The molecule has 0 bridgehead atoms. The van der Waals surface area contributed by atoms with E-state index in [1.54, 1.807) is 42.5 Å². The van der Waals surface area contributed by atoms with Crippen LogP contribution in [0.15, 0.2) is 72.3 Å². The summed E-state index contributed by atoms with van der Waals surface area (Å²) in [5.41, 5.74) is 2.42. The molecule has 204 valence electrons. The number of anilines is 1. The second kappa shape index (κ2) is 10.8. The molecule has 39 heavy (non-hydrogen) atoms. The highest BCUT2D eigenvalue weighted by Gasteiger charge is 2.47. The molecule has 1 N–H and O–H groups in total. The van der Waals surface area contributed by atoms with Gasteiger partial charge in [-0.2, -0.15) is 0 Å². The van der Waals surface area contributed by atoms with Crippen LogP contribution in [0.2, 0.25) is 0 Å². The zero-order valence-electron chi connectivity index (χ0n) is 23.4. The Morgan fingerprint density at radius 3 is 2.03 bits per heavy atom. The summed E-state index contributed by atoms with van der Waals surface area (Å²) in [7, 11) is 2.98. The topological polar surface area (TPSA) is 85.3 Å². The van der Waals surface area contributed by atoms with E-state index in [-0.39, 0.29) is 28.4 Å². The Bertz CT molecular complexity index is 1400. The highest BCUT2D eigenvalue weighted by molar-refractivity contribution is 6.51. The SMILES string of the molecule is COc1ccc(OC)c(/C(O)=C2\C(=O)C(=O)N(c3ccc(C(C)(C)C)cc3)C2c2ccc(OC(C)C)cc2)c1. The molecular weight excluding hydrogens is 494 g/mol. The van der Waals surface area contributed by atoms with Gasteiger partial charge in [-0.1, -0.05) is 45.0 Å². The van der Waals surface area contributed by atoms with Crippen molar-refractivity contribution >= 4 is 23.1 Å². The number of benzene rings is 3. The van der Waals surface area contributed by atoms with Gasteiger partial charge in [0.1, 0.15) is 23.0 Å². The van der Waals surface area contributed by atoms with Crippen molar-refractivity contribution in [2.75, 3.05) is 19.1 Å². The third kappa shape index (κ3) is 5.48. The zero-order valence-corrected chi connectivity index (χ0v) is 23.4. The van der Waals surface area contributed by atoms with Crippen molar-refractivity contribution in [1.82, 2.24) is 0 Å². The third-order valence-corrected chi connectivity index (χ3v) is 6.69. The van der Waals surface area contributed by atoms with Crippen LogP contribution in [-0.2, 0) is 15.0 Å². The first-order chi connectivity index (χ1) is 18.5. The molecule has 0 saturated carbocycles. The largest absolute Gasteiger partial charge is 0.507 e. The van der Waals surface area contributed by atoms with Crippen molar-refractivity contribution in [1.29, 1.82) is 0 Å². The maximum Gasteiger partial charge on any atom is 0.300 e. The van der Waals surface area contributed by atoms with E-state index < -0.39 is 17.7 Å². The van der Waals surface area contributed by atoms with E-state index in [1.807, 2.05) is 38.1 Å². The fourth-order valence-electron chi connectivity index (χ4n) is 4.68. The summed E-state index contributed by atoms with van der Waals surface area (Å²) >= 11 is 0. The maximum atomic E-state index is 13.6. The summed E-state index contributed by atoms with van der Waals surface area (Å²) in [6.45, 7) is 10.2. The van der Waals surface area contributed by atoms with Crippen LogP contribution in [0, 0.1) is 0 Å². The van der Waals surface area contributed by atoms with Crippen molar-refractivity contribution in [2.24, 2.45) is 0 Å². The number of rotatable bonds is 7. The molecule has 0 spiro atoms. The van der Waals surface area contributed by atoms with Crippen LogP contribution in [0.25, 0.3) is 5.76 Å². The number of carbonyl (C=O) groups is 2. The van der Waals surface area contributed by atoms with Crippen LogP contribution < -0.4 is 19.1 Å². The Morgan fingerprint density at radius 2 is 1.49 bits per heavy atom. The average molecular weight is 530 g/mol. The predicted octanol–water partition coefficient (Wildman–Crippen LogP) is 6.41. The lowest BCUT2D eigenvalue weighted by atomic mass is 9.87. The molecule has 1 amide bonds. The van der Waals surface area contributed by atoms with Crippen LogP contribution in [0.3, 0.4) is 0 Å². The third-order valence-electron chi connectivity index (χ3n) is 6.69. The minimum atomic E-state index is -0.880. The number of aliphatic hydroxyl groups is 1. The first kappa shape index (κ1) is 27.8. The highest BCUT2D eigenvalue weighted by Crippen LogP contribution is 2.44. The van der Waals surface area contributed by atoms with Gasteiger partial charge in [-0.3, -0.25) is 14.5 Å². The van der Waals surface area contributed by atoms with Gasteiger partial charge in [0.05, 0.1) is 37.5 Å². The fourth-order valence-corrected chi connectivity index (χ4v) is 4.68. The summed E-state index contributed by atoms with van der Waals surface area (Å²) in [5, 5.41) is 11.6. The van der Waals surface area contributed by atoms with Gasteiger partial charge in [0, 0.05) is 5.69 Å². The minimum Gasteiger partial charge on any atom is -0.507 e. The number of nitrogens with zero attached hydrogens (tertiary/aromatic N) is 1. The Balaban J connectivity index is 1.92. The van der Waals surface area contributed by atoms with Crippen LogP contribution in [0.5, 0.6) is 17.2 Å². The van der Waals surface area contributed by atoms with E-state index >= 15 is 0 Å². The number of hydrogen-bond donors (Lipinski definition) is 1. The molecule has 0 aliphatic carbocycles. The van der Waals surface area contributed by atoms with Gasteiger partial charge in [-0.05, 0) is 72.9 Å². The first-order valence-corrected chi connectivity index (χ1v) is 12.9. The maximum absolute atomic E-state index is 13.6. The predicted molar refractivity (Wildman–Crippen MR) is 152 cm³/mol. The zero-order chi connectivity index (χ0) is 28.5. The fraction of sp³-hybridized carbons (Fsp3) is 0.312. The Hall–Kier alpha value is -4.26. The second-order valence-electron chi connectivity index (χ2n) is 10.8. The molecule has 1 saturated heterocycles. The van der Waals surface area contributed by atoms with Crippen molar-refractivity contribution < 1.29 is 28.9 Å². The molecule has 4 rings (SSSR count). The molecule has 1 aliphatic rings. The number of ether oxygens (including phenoxy) is 3. The van der Waals surface area contributed by atoms with Crippen molar-refractivity contribution in [3.63, 3.8) is 0 Å². The Morgan fingerprint density at radius 1 is 0.872 bits per heavy atom. The lowest BCUT2D eigenvalue weighted by Gasteiger charge is -2.27. The van der Waals surface area contributed by atoms with E-state index in [0.717, 1.165) is 5.56 Å². The normalized spacial score (nSPS) is 17.0. The first-order valence-electron chi connectivity index (χ1n) is 12.9.